The summed E-state index contributed by atoms with van der Waals surface area (Å²) in [7, 11) is 0. The first kappa shape index (κ1) is 13.9. The fourth-order valence-electron chi connectivity index (χ4n) is 3.72. The zero-order chi connectivity index (χ0) is 15.0. The number of carboxylic acids is 1. The van der Waals surface area contributed by atoms with Gasteiger partial charge in [-0.25, -0.2) is 9.78 Å². The molecule has 0 aromatic carbocycles. The van der Waals surface area contributed by atoms with E-state index in [0.717, 1.165) is 25.7 Å². The van der Waals surface area contributed by atoms with E-state index in [1.807, 2.05) is 4.90 Å². The average Bonchev–Trinajstić information content (AvgIpc) is 2.87. The number of amides is 1. The Morgan fingerprint density at radius 3 is 2.81 bits per heavy atom. The van der Waals surface area contributed by atoms with E-state index in [0.29, 0.717) is 23.7 Å². The number of fused-ring (bicyclic) bond motifs is 1. The van der Waals surface area contributed by atoms with Crippen LogP contribution < -0.4 is 10.6 Å². The Balaban J connectivity index is 1.98. The quantitative estimate of drug-likeness (QED) is 0.876. The molecule has 6 nitrogen and oxygen atoms in total. The topological polar surface area (TPSA) is 96.5 Å². The van der Waals surface area contributed by atoms with Crippen LogP contribution in [0, 0.1) is 5.92 Å². The van der Waals surface area contributed by atoms with Gasteiger partial charge in [0.25, 0.3) is 0 Å². The van der Waals surface area contributed by atoms with Gasteiger partial charge in [-0.2, -0.15) is 0 Å². The number of nitrogens with two attached hydrogens (primary N) is 1. The zero-order valence-corrected chi connectivity index (χ0v) is 11.7. The largest absolute Gasteiger partial charge is 0.480 e. The van der Waals surface area contributed by atoms with Gasteiger partial charge < -0.3 is 15.7 Å². The number of aromatic nitrogens is 1. The van der Waals surface area contributed by atoms with E-state index in [-0.39, 0.29) is 6.04 Å². The number of nitrogens with zero attached hydrogens (tertiary/aromatic N) is 2. The van der Waals surface area contributed by atoms with Crippen molar-refractivity contribution < 1.29 is 14.7 Å². The highest BCUT2D eigenvalue weighted by molar-refractivity contribution is 5.93. The Morgan fingerprint density at radius 1 is 1.33 bits per heavy atom. The maximum atomic E-state index is 11.6. The van der Waals surface area contributed by atoms with Gasteiger partial charge in [0.2, 0.25) is 5.91 Å². The van der Waals surface area contributed by atoms with Gasteiger partial charge in [0.15, 0.2) is 0 Å². The molecule has 1 amide bonds. The molecule has 1 saturated carbocycles. The van der Waals surface area contributed by atoms with Crippen molar-refractivity contribution in [2.24, 2.45) is 11.7 Å². The van der Waals surface area contributed by atoms with Crippen molar-refractivity contribution in [2.75, 3.05) is 4.90 Å². The fourth-order valence-corrected chi connectivity index (χ4v) is 3.72. The number of carboxylic acid groups (broad SMARTS) is 1. The summed E-state index contributed by atoms with van der Waals surface area (Å²) in [6.45, 7) is 0. The van der Waals surface area contributed by atoms with Gasteiger partial charge in [-0.05, 0) is 37.3 Å². The van der Waals surface area contributed by atoms with Crippen molar-refractivity contribution in [3.05, 3.63) is 23.9 Å². The minimum absolute atomic E-state index is 0.204. The molecule has 0 bridgehead atoms. The Hall–Kier alpha value is -2.11. The van der Waals surface area contributed by atoms with Crippen molar-refractivity contribution in [1.82, 2.24) is 4.98 Å². The van der Waals surface area contributed by atoms with Gasteiger partial charge in [-0.3, -0.25) is 4.79 Å². The number of aliphatic carboxylic acids is 1. The molecule has 3 rings (SSSR count). The van der Waals surface area contributed by atoms with Gasteiger partial charge in [0.1, 0.15) is 11.9 Å². The van der Waals surface area contributed by atoms with E-state index in [2.05, 4.69) is 4.98 Å². The monoisotopic (exact) mass is 289 g/mol. The van der Waals surface area contributed by atoms with Crippen LogP contribution in [0.4, 0.5) is 5.82 Å². The van der Waals surface area contributed by atoms with Gasteiger partial charge in [-0.1, -0.05) is 12.8 Å². The molecule has 0 radical (unpaired) electrons. The first-order valence-electron chi connectivity index (χ1n) is 7.35. The van der Waals surface area contributed by atoms with Crippen LogP contribution in [0.1, 0.15) is 42.5 Å². The molecule has 3 unspecified atom stereocenters. The van der Waals surface area contributed by atoms with E-state index in [9.17, 15) is 14.7 Å². The van der Waals surface area contributed by atoms with Crippen LogP contribution >= 0.6 is 0 Å². The number of pyridine rings is 1. The summed E-state index contributed by atoms with van der Waals surface area (Å²) < 4.78 is 0. The predicted molar refractivity (Wildman–Crippen MR) is 77.0 cm³/mol. The molecule has 1 aliphatic carbocycles. The van der Waals surface area contributed by atoms with Crippen LogP contribution in [0.25, 0.3) is 0 Å². The molecule has 21 heavy (non-hydrogen) atoms. The normalized spacial score (nSPS) is 28.2. The molecule has 3 atom stereocenters. The third kappa shape index (κ3) is 2.46. The van der Waals surface area contributed by atoms with Crippen molar-refractivity contribution >= 4 is 17.7 Å². The summed E-state index contributed by atoms with van der Waals surface area (Å²) in [6, 6.07) is 2.80. The molecule has 1 saturated heterocycles. The van der Waals surface area contributed by atoms with Gasteiger partial charge in [0, 0.05) is 17.8 Å². The molecule has 112 valence electrons. The second-order valence-electron chi connectivity index (χ2n) is 5.88. The van der Waals surface area contributed by atoms with Crippen molar-refractivity contribution in [3.8, 4) is 0 Å². The lowest BCUT2D eigenvalue weighted by Crippen LogP contribution is -2.43. The van der Waals surface area contributed by atoms with Gasteiger partial charge in [0.05, 0.1) is 0 Å². The standard InChI is InChI=1S/C15H19N3O3/c16-14(19)10-5-6-17-13(8-10)18-11-4-2-1-3-9(11)7-12(18)15(20)21/h5-6,8-9,11-12H,1-4,7H2,(H2,16,19)(H,20,21). The van der Waals surface area contributed by atoms with E-state index in [1.165, 1.54) is 6.20 Å². The molecule has 2 aliphatic rings. The van der Waals surface area contributed by atoms with E-state index in [4.69, 9.17) is 5.73 Å². The van der Waals surface area contributed by atoms with E-state index < -0.39 is 17.9 Å². The summed E-state index contributed by atoms with van der Waals surface area (Å²) in [6.07, 6.45) is 6.50. The summed E-state index contributed by atoms with van der Waals surface area (Å²) in [4.78, 5) is 29.1. The maximum absolute atomic E-state index is 11.6. The Labute approximate surface area is 123 Å². The highest BCUT2D eigenvalue weighted by atomic mass is 16.4. The van der Waals surface area contributed by atoms with Crippen LogP contribution in [-0.2, 0) is 4.79 Å². The first-order chi connectivity index (χ1) is 10.1. The summed E-state index contributed by atoms with van der Waals surface area (Å²) in [5.74, 6) is -0.396. The number of primary amides is 1. The molecule has 3 N–H and O–H groups in total. The Kier molecular flexibility index (Phi) is 3.53. The molecular weight excluding hydrogens is 270 g/mol. The number of rotatable bonds is 3. The Bertz CT molecular complexity index is 575. The first-order valence-corrected chi connectivity index (χ1v) is 7.35. The zero-order valence-electron chi connectivity index (χ0n) is 11.7. The SMILES string of the molecule is NC(=O)c1ccnc(N2C(C(=O)O)CC3CCCCC32)c1. The molecule has 0 spiro atoms. The molecule has 6 heteroatoms. The summed E-state index contributed by atoms with van der Waals surface area (Å²) in [5, 5.41) is 9.51. The lowest BCUT2D eigenvalue weighted by Gasteiger charge is -2.33. The second kappa shape index (κ2) is 5.35. The van der Waals surface area contributed by atoms with Crippen molar-refractivity contribution in [3.63, 3.8) is 0 Å². The number of carbonyl (C=O) groups excluding carboxylic acids is 1. The second-order valence-corrected chi connectivity index (χ2v) is 5.88. The smallest absolute Gasteiger partial charge is 0.326 e. The van der Waals surface area contributed by atoms with E-state index in [1.54, 1.807) is 12.1 Å². The highest BCUT2D eigenvalue weighted by Gasteiger charge is 2.45. The maximum Gasteiger partial charge on any atom is 0.326 e. The van der Waals surface area contributed by atoms with E-state index >= 15 is 0 Å². The lowest BCUT2D eigenvalue weighted by molar-refractivity contribution is -0.138. The lowest BCUT2D eigenvalue weighted by atomic mass is 9.85. The van der Waals surface area contributed by atoms with Crippen LogP contribution in [0.3, 0.4) is 0 Å². The minimum Gasteiger partial charge on any atom is -0.480 e. The number of anilines is 1. The highest BCUT2D eigenvalue weighted by Crippen LogP contribution is 2.41. The summed E-state index contributed by atoms with van der Waals surface area (Å²) in [5.41, 5.74) is 5.67. The number of carbonyl (C=O) groups is 2. The van der Waals surface area contributed by atoms with Crippen LogP contribution in [0.15, 0.2) is 18.3 Å². The van der Waals surface area contributed by atoms with Crippen molar-refractivity contribution in [1.29, 1.82) is 0 Å². The van der Waals surface area contributed by atoms with Gasteiger partial charge in [-0.15, -0.1) is 0 Å². The molecular formula is C15H19N3O3. The fraction of sp³-hybridized carbons (Fsp3) is 0.533. The predicted octanol–water partition coefficient (Wildman–Crippen LogP) is 1.40. The number of hydrogen-bond acceptors (Lipinski definition) is 4. The minimum atomic E-state index is -0.823. The van der Waals surface area contributed by atoms with Crippen LogP contribution in [0.2, 0.25) is 0 Å². The third-order valence-corrected chi connectivity index (χ3v) is 4.67. The summed E-state index contributed by atoms with van der Waals surface area (Å²) >= 11 is 0. The molecule has 1 aromatic rings. The number of hydrogen-bond donors (Lipinski definition) is 2. The van der Waals surface area contributed by atoms with Crippen molar-refractivity contribution in [2.45, 2.75) is 44.2 Å². The molecule has 1 aromatic heterocycles. The van der Waals surface area contributed by atoms with Gasteiger partial charge >= 0.3 is 5.97 Å². The van der Waals surface area contributed by atoms with Crippen LogP contribution in [-0.4, -0.2) is 34.1 Å². The third-order valence-electron chi connectivity index (χ3n) is 4.67. The molecule has 2 fully saturated rings. The molecule has 2 heterocycles. The average molecular weight is 289 g/mol. The van der Waals surface area contributed by atoms with Crippen LogP contribution in [0.5, 0.6) is 0 Å². The molecule has 1 aliphatic heterocycles. The Morgan fingerprint density at radius 2 is 2.10 bits per heavy atom.